The minimum Gasteiger partial charge on any atom is -0.493 e. The first kappa shape index (κ1) is 18.8. The molecule has 0 unspecified atom stereocenters. The van der Waals surface area contributed by atoms with Crippen LogP contribution in [0, 0.1) is 5.92 Å². The van der Waals surface area contributed by atoms with Gasteiger partial charge in [-0.25, -0.2) is 0 Å². The predicted molar refractivity (Wildman–Crippen MR) is 102 cm³/mol. The summed E-state index contributed by atoms with van der Waals surface area (Å²) in [5.41, 5.74) is 2.38. The van der Waals surface area contributed by atoms with Crippen molar-refractivity contribution in [1.82, 2.24) is 20.4 Å². The molecule has 2 aromatic rings. The number of guanidine groups is 1. The van der Waals surface area contributed by atoms with Gasteiger partial charge in [0.2, 0.25) is 0 Å². The van der Waals surface area contributed by atoms with Gasteiger partial charge in [0, 0.05) is 26.8 Å². The molecule has 0 atom stereocenters. The van der Waals surface area contributed by atoms with E-state index in [4.69, 9.17) is 4.74 Å². The maximum absolute atomic E-state index is 5.71. The van der Waals surface area contributed by atoms with Gasteiger partial charge in [-0.05, 0) is 36.1 Å². The van der Waals surface area contributed by atoms with Crippen molar-refractivity contribution in [3.8, 4) is 5.75 Å². The molecule has 6 heteroatoms. The maximum Gasteiger partial charge on any atom is 0.191 e. The van der Waals surface area contributed by atoms with E-state index in [-0.39, 0.29) is 0 Å². The number of nitrogens with one attached hydrogen (secondary N) is 2. The molecular formula is C19H29N5O. The number of rotatable bonds is 8. The van der Waals surface area contributed by atoms with Gasteiger partial charge in [-0.1, -0.05) is 26.0 Å². The highest BCUT2D eigenvalue weighted by atomic mass is 16.5. The number of hydrogen-bond acceptors (Lipinski definition) is 3. The summed E-state index contributed by atoms with van der Waals surface area (Å²) in [6.45, 7) is 6.55. The van der Waals surface area contributed by atoms with Gasteiger partial charge >= 0.3 is 0 Å². The van der Waals surface area contributed by atoms with E-state index >= 15 is 0 Å². The molecule has 0 amide bonds. The lowest BCUT2D eigenvalue weighted by Gasteiger charge is -2.12. The molecule has 1 aromatic carbocycles. The van der Waals surface area contributed by atoms with Crippen LogP contribution in [0.1, 0.15) is 25.1 Å². The van der Waals surface area contributed by atoms with Gasteiger partial charge in [0.1, 0.15) is 5.75 Å². The second-order valence-corrected chi connectivity index (χ2v) is 6.40. The number of aromatic nitrogens is 2. The molecule has 0 aliphatic carbocycles. The van der Waals surface area contributed by atoms with Gasteiger partial charge in [-0.15, -0.1) is 0 Å². The van der Waals surface area contributed by atoms with Crippen molar-refractivity contribution >= 4 is 5.96 Å². The SMILES string of the molecule is CN=C(NCCc1ccc(OCC(C)C)cc1)NCc1ccnn1C. The number of aryl methyl sites for hydroxylation is 1. The molecule has 0 radical (unpaired) electrons. The van der Waals surface area contributed by atoms with Gasteiger partial charge in [0.05, 0.1) is 18.8 Å². The van der Waals surface area contributed by atoms with E-state index in [0.29, 0.717) is 12.5 Å². The van der Waals surface area contributed by atoms with Crippen LogP contribution in [-0.4, -0.2) is 35.9 Å². The lowest BCUT2D eigenvalue weighted by molar-refractivity contribution is 0.271. The van der Waals surface area contributed by atoms with Crippen molar-refractivity contribution in [2.75, 3.05) is 20.2 Å². The van der Waals surface area contributed by atoms with Crippen molar-refractivity contribution in [1.29, 1.82) is 0 Å². The van der Waals surface area contributed by atoms with Gasteiger partial charge in [0.15, 0.2) is 5.96 Å². The number of aliphatic imine (C=N–C) groups is 1. The minimum atomic E-state index is 0.537. The zero-order chi connectivity index (χ0) is 18.1. The van der Waals surface area contributed by atoms with E-state index in [1.54, 1.807) is 13.2 Å². The number of nitrogens with zero attached hydrogens (tertiary/aromatic N) is 3. The van der Waals surface area contributed by atoms with E-state index in [9.17, 15) is 0 Å². The normalized spacial score (nSPS) is 11.6. The van der Waals surface area contributed by atoms with Crippen molar-refractivity contribution in [2.24, 2.45) is 18.0 Å². The van der Waals surface area contributed by atoms with Crippen LogP contribution < -0.4 is 15.4 Å². The van der Waals surface area contributed by atoms with Crippen molar-refractivity contribution < 1.29 is 4.74 Å². The highest BCUT2D eigenvalue weighted by Crippen LogP contribution is 2.13. The summed E-state index contributed by atoms with van der Waals surface area (Å²) in [7, 11) is 3.71. The third-order valence-corrected chi connectivity index (χ3v) is 3.80. The quantitative estimate of drug-likeness (QED) is 0.570. The van der Waals surface area contributed by atoms with E-state index in [1.807, 2.05) is 29.9 Å². The Labute approximate surface area is 150 Å². The second kappa shape index (κ2) is 9.71. The van der Waals surface area contributed by atoms with E-state index in [0.717, 1.165) is 37.0 Å². The molecule has 0 bridgehead atoms. The van der Waals surface area contributed by atoms with Crippen LogP contribution in [0.15, 0.2) is 41.5 Å². The Morgan fingerprint density at radius 2 is 1.96 bits per heavy atom. The van der Waals surface area contributed by atoms with Gasteiger partial charge < -0.3 is 15.4 Å². The summed E-state index contributed by atoms with van der Waals surface area (Å²) in [6.07, 6.45) is 2.72. The Morgan fingerprint density at radius 1 is 1.20 bits per heavy atom. The average molecular weight is 343 g/mol. The fraction of sp³-hybridized carbons (Fsp3) is 0.474. The molecule has 0 saturated carbocycles. The number of benzene rings is 1. The van der Waals surface area contributed by atoms with Gasteiger partial charge in [-0.3, -0.25) is 9.67 Å². The summed E-state index contributed by atoms with van der Waals surface area (Å²) in [6, 6.07) is 10.3. The first-order valence-electron chi connectivity index (χ1n) is 8.71. The average Bonchev–Trinajstić information content (AvgIpc) is 3.02. The maximum atomic E-state index is 5.71. The Balaban J connectivity index is 1.72. The fourth-order valence-electron chi connectivity index (χ4n) is 2.31. The molecule has 1 aromatic heterocycles. The molecule has 0 fully saturated rings. The van der Waals surface area contributed by atoms with E-state index < -0.39 is 0 Å². The summed E-state index contributed by atoms with van der Waals surface area (Å²) < 4.78 is 7.56. The Bertz CT molecular complexity index is 661. The molecule has 6 nitrogen and oxygen atoms in total. The molecule has 0 spiro atoms. The van der Waals surface area contributed by atoms with Crippen LogP contribution >= 0.6 is 0 Å². The topological polar surface area (TPSA) is 63.5 Å². The number of ether oxygens (including phenoxy) is 1. The van der Waals surface area contributed by atoms with Crippen LogP contribution in [0.5, 0.6) is 5.75 Å². The minimum absolute atomic E-state index is 0.537. The molecule has 0 aliphatic heterocycles. The fourth-order valence-corrected chi connectivity index (χ4v) is 2.31. The smallest absolute Gasteiger partial charge is 0.191 e. The van der Waals surface area contributed by atoms with Crippen LogP contribution in [-0.2, 0) is 20.0 Å². The molecule has 0 aliphatic rings. The zero-order valence-corrected chi connectivity index (χ0v) is 15.6. The summed E-state index contributed by atoms with van der Waals surface area (Å²) in [5, 5.41) is 10.8. The molecule has 1 heterocycles. The first-order valence-corrected chi connectivity index (χ1v) is 8.71. The van der Waals surface area contributed by atoms with E-state index in [2.05, 4.69) is 46.7 Å². The summed E-state index contributed by atoms with van der Waals surface area (Å²) >= 11 is 0. The molecule has 2 rings (SSSR count). The van der Waals surface area contributed by atoms with Crippen LogP contribution in [0.2, 0.25) is 0 Å². The molecule has 136 valence electrons. The standard InChI is InChI=1S/C19H29N5O/c1-15(2)14-25-18-7-5-16(6-8-18)9-11-21-19(20-3)22-13-17-10-12-23-24(17)4/h5-8,10,12,15H,9,11,13-14H2,1-4H3,(H2,20,21,22). The summed E-state index contributed by atoms with van der Waals surface area (Å²) in [5.74, 6) is 2.26. The third-order valence-electron chi connectivity index (χ3n) is 3.80. The first-order chi connectivity index (χ1) is 12.1. The Morgan fingerprint density at radius 3 is 2.56 bits per heavy atom. The van der Waals surface area contributed by atoms with Gasteiger partial charge in [0.25, 0.3) is 0 Å². The molecule has 25 heavy (non-hydrogen) atoms. The third kappa shape index (κ3) is 6.49. The van der Waals surface area contributed by atoms with Crippen molar-refractivity contribution in [3.63, 3.8) is 0 Å². The lowest BCUT2D eigenvalue weighted by atomic mass is 10.1. The molecule has 2 N–H and O–H groups in total. The van der Waals surface area contributed by atoms with Crippen LogP contribution in [0.4, 0.5) is 0 Å². The van der Waals surface area contributed by atoms with E-state index in [1.165, 1.54) is 5.56 Å². The van der Waals surface area contributed by atoms with Crippen molar-refractivity contribution in [2.45, 2.75) is 26.8 Å². The monoisotopic (exact) mass is 343 g/mol. The number of hydrogen-bond donors (Lipinski definition) is 2. The second-order valence-electron chi connectivity index (χ2n) is 6.40. The molecule has 0 saturated heterocycles. The van der Waals surface area contributed by atoms with Gasteiger partial charge in [-0.2, -0.15) is 5.10 Å². The lowest BCUT2D eigenvalue weighted by Crippen LogP contribution is -2.38. The van der Waals surface area contributed by atoms with Crippen molar-refractivity contribution in [3.05, 3.63) is 47.8 Å². The van der Waals surface area contributed by atoms with Crippen LogP contribution in [0.25, 0.3) is 0 Å². The Kier molecular flexibility index (Phi) is 7.32. The Hall–Kier alpha value is -2.50. The summed E-state index contributed by atoms with van der Waals surface area (Å²) in [4.78, 5) is 4.25. The van der Waals surface area contributed by atoms with Crippen LogP contribution in [0.3, 0.4) is 0 Å². The highest BCUT2D eigenvalue weighted by Gasteiger charge is 2.02. The predicted octanol–water partition coefficient (Wildman–Crippen LogP) is 2.36. The largest absolute Gasteiger partial charge is 0.493 e. The highest BCUT2D eigenvalue weighted by molar-refractivity contribution is 5.79. The molecular weight excluding hydrogens is 314 g/mol. The zero-order valence-electron chi connectivity index (χ0n) is 15.6.